The first kappa shape index (κ1) is 16.5. The number of imide groups is 1. The molecule has 1 N–H and O–H groups in total. The summed E-state index contributed by atoms with van der Waals surface area (Å²) in [6, 6.07) is 10.0. The number of halogens is 2. The van der Waals surface area contributed by atoms with Crippen molar-refractivity contribution < 1.29 is 14.0 Å². The number of carbonyl (C=O) groups is 2. The quantitative estimate of drug-likeness (QED) is 0.683. The minimum atomic E-state index is -0.769. The van der Waals surface area contributed by atoms with Gasteiger partial charge in [0.05, 0.1) is 17.4 Å². The molecular formula is C21H16ClFN2O2. The Morgan fingerprint density at radius 1 is 1.07 bits per heavy atom. The molecule has 1 saturated heterocycles. The summed E-state index contributed by atoms with van der Waals surface area (Å²) in [6.45, 7) is 0.887. The van der Waals surface area contributed by atoms with Crippen molar-refractivity contribution in [3.05, 3.63) is 70.1 Å². The first-order chi connectivity index (χ1) is 13.0. The third-order valence-electron chi connectivity index (χ3n) is 5.64. The second-order valence-corrected chi connectivity index (χ2v) is 7.58. The van der Waals surface area contributed by atoms with Crippen molar-refractivity contribution >= 4 is 34.3 Å². The van der Waals surface area contributed by atoms with Gasteiger partial charge in [-0.1, -0.05) is 35.9 Å². The van der Waals surface area contributed by atoms with Gasteiger partial charge >= 0.3 is 0 Å². The molecule has 3 aromatic rings. The third kappa shape index (κ3) is 2.42. The maximum Gasteiger partial charge on any atom is 0.235 e. The number of hydrogen-bond donors (Lipinski definition) is 1. The van der Waals surface area contributed by atoms with Crippen LogP contribution in [-0.2, 0) is 22.6 Å². The van der Waals surface area contributed by atoms with Crippen LogP contribution < -0.4 is 5.32 Å². The first-order valence-electron chi connectivity index (χ1n) is 8.95. The number of nitrogens with one attached hydrogen (secondary N) is 1. The van der Waals surface area contributed by atoms with Gasteiger partial charge in [-0.05, 0) is 41.7 Å². The molecule has 2 aliphatic heterocycles. The van der Waals surface area contributed by atoms with Crippen molar-refractivity contribution in [2.45, 2.75) is 31.2 Å². The van der Waals surface area contributed by atoms with Crippen molar-refractivity contribution in [3.63, 3.8) is 0 Å². The summed E-state index contributed by atoms with van der Waals surface area (Å²) >= 11 is 6.22. The van der Waals surface area contributed by atoms with E-state index in [1.807, 2.05) is 18.3 Å². The first-order valence-corrected chi connectivity index (χ1v) is 9.32. The predicted molar refractivity (Wildman–Crippen MR) is 100 cm³/mol. The van der Waals surface area contributed by atoms with E-state index in [4.69, 9.17) is 11.6 Å². The van der Waals surface area contributed by atoms with Crippen LogP contribution in [0.1, 0.15) is 34.9 Å². The molecule has 5 rings (SSSR count). The number of para-hydroxylation sites is 1. The molecule has 27 heavy (non-hydrogen) atoms. The molecule has 0 bridgehead atoms. The smallest absolute Gasteiger partial charge is 0.235 e. The van der Waals surface area contributed by atoms with Crippen LogP contribution in [0.25, 0.3) is 10.9 Å². The minimum absolute atomic E-state index is 0.156. The molecule has 6 heteroatoms. The van der Waals surface area contributed by atoms with E-state index in [0.717, 1.165) is 35.9 Å². The SMILES string of the molecule is O=C1NC(=O)[C@@H](c2cn3c4c(cccc24)CCC3)[C@H]1c1ccc(F)cc1Cl. The number of nitrogens with zero attached hydrogens (tertiary/aromatic N) is 1. The molecule has 0 radical (unpaired) electrons. The van der Waals surface area contributed by atoms with Crippen molar-refractivity contribution in [3.8, 4) is 0 Å². The van der Waals surface area contributed by atoms with Crippen molar-refractivity contribution in [1.29, 1.82) is 0 Å². The van der Waals surface area contributed by atoms with Gasteiger partial charge in [0, 0.05) is 23.2 Å². The van der Waals surface area contributed by atoms with E-state index in [9.17, 15) is 14.0 Å². The Labute approximate surface area is 159 Å². The third-order valence-corrected chi connectivity index (χ3v) is 5.96. The Balaban J connectivity index is 1.71. The van der Waals surface area contributed by atoms with Gasteiger partial charge < -0.3 is 4.57 Å². The van der Waals surface area contributed by atoms with Gasteiger partial charge in [-0.2, -0.15) is 0 Å². The molecule has 1 aromatic heterocycles. The lowest BCUT2D eigenvalue weighted by Crippen LogP contribution is -2.21. The second-order valence-electron chi connectivity index (χ2n) is 7.17. The van der Waals surface area contributed by atoms with E-state index in [0.29, 0.717) is 5.56 Å². The largest absolute Gasteiger partial charge is 0.347 e. The monoisotopic (exact) mass is 382 g/mol. The lowest BCUT2D eigenvalue weighted by atomic mass is 9.83. The summed E-state index contributed by atoms with van der Waals surface area (Å²) in [5, 5.41) is 3.59. The van der Waals surface area contributed by atoms with Crippen LogP contribution >= 0.6 is 11.6 Å². The number of aryl methyl sites for hydroxylation is 2. The van der Waals surface area contributed by atoms with Gasteiger partial charge in [-0.25, -0.2) is 4.39 Å². The molecule has 1 fully saturated rings. The fraction of sp³-hybridized carbons (Fsp3) is 0.238. The normalized spacial score (nSPS) is 21.7. The molecule has 2 atom stereocenters. The highest BCUT2D eigenvalue weighted by atomic mass is 35.5. The topological polar surface area (TPSA) is 51.1 Å². The minimum Gasteiger partial charge on any atom is -0.347 e. The van der Waals surface area contributed by atoms with Crippen LogP contribution in [0.3, 0.4) is 0 Å². The van der Waals surface area contributed by atoms with Gasteiger partial charge in [0.2, 0.25) is 11.8 Å². The molecule has 2 aliphatic rings. The van der Waals surface area contributed by atoms with E-state index in [2.05, 4.69) is 16.0 Å². The summed E-state index contributed by atoms with van der Waals surface area (Å²) in [4.78, 5) is 25.3. The Bertz CT molecular complexity index is 1120. The summed E-state index contributed by atoms with van der Waals surface area (Å²) in [5.41, 5.74) is 3.68. The molecule has 2 aromatic carbocycles. The number of rotatable bonds is 2. The number of hydrogen-bond acceptors (Lipinski definition) is 2. The zero-order valence-electron chi connectivity index (χ0n) is 14.3. The van der Waals surface area contributed by atoms with E-state index in [-0.39, 0.29) is 10.9 Å². The Morgan fingerprint density at radius 3 is 2.63 bits per heavy atom. The lowest BCUT2D eigenvalue weighted by Gasteiger charge is -2.17. The van der Waals surface area contributed by atoms with E-state index in [1.54, 1.807) is 0 Å². The van der Waals surface area contributed by atoms with Crippen LogP contribution in [-0.4, -0.2) is 16.4 Å². The average molecular weight is 383 g/mol. The number of amides is 2. The van der Waals surface area contributed by atoms with Gasteiger partial charge in [0.25, 0.3) is 0 Å². The second kappa shape index (κ2) is 5.92. The fourth-order valence-electron chi connectivity index (χ4n) is 4.51. The Morgan fingerprint density at radius 2 is 1.85 bits per heavy atom. The molecule has 0 spiro atoms. The summed E-state index contributed by atoms with van der Waals surface area (Å²) in [5.74, 6) is -2.66. The maximum absolute atomic E-state index is 13.5. The molecule has 0 unspecified atom stereocenters. The maximum atomic E-state index is 13.5. The molecule has 2 amide bonds. The number of benzene rings is 2. The van der Waals surface area contributed by atoms with Crippen molar-refractivity contribution in [2.75, 3.05) is 0 Å². The lowest BCUT2D eigenvalue weighted by molar-refractivity contribution is -0.125. The zero-order chi connectivity index (χ0) is 18.7. The molecule has 0 saturated carbocycles. The van der Waals surface area contributed by atoms with Crippen LogP contribution in [0, 0.1) is 5.82 Å². The number of carbonyl (C=O) groups excluding carboxylic acids is 2. The average Bonchev–Trinajstić information content (AvgIpc) is 3.14. The Kier molecular flexibility index (Phi) is 3.62. The van der Waals surface area contributed by atoms with Crippen LogP contribution in [0.4, 0.5) is 4.39 Å². The highest BCUT2D eigenvalue weighted by Crippen LogP contribution is 2.44. The summed E-state index contributed by atoms with van der Waals surface area (Å²) < 4.78 is 15.7. The van der Waals surface area contributed by atoms with E-state index in [1.165, 1.54) is 23.8 Å². The molecular weight excluding hydrogens is 367 g/mol. The highest BCUT2D eigenvalue weighted by Gasteiger charge is 2.45. The van der Waals surface area contributed by atoms with Gasteiger partial charge in [0.15, 0.2) is 0 Å². The predicted octanol–water partition coefficient (Wildman–Crippen LogP) is 3.90. The fourth-order valence-corrected chi connectivity index (χ4v) is 4.79. The molecule has 4 nitrogen and oxygen atoms in total. The highest BCUT2D eigenvalue weighted by molar-refractivity contribution is 6.32. The molecule has 0 aliphatic carbocycles. The molecule has 3 heterocycles. The van der Waals surface area contributed by atoms with Gasteiger partial charge in [-0.15, -0.1) is 0 Å². The Hall–Kier alpha value is -2.66. The van der Waals surface area contributed by atoms with E-state index >= 15 is 0 Å². The van der Waals surface area contributed by atoms with Crippen LogP contribution in [0.2, 0.25) is 5.02 Å². The standard InChI is InChI=1S/C21H16ClFN2O2/c22-16-9-12(23)6-7-14(16)17-18(21(27)24-20(17)26)15-10-25-8-2-4-11-3-1-5-13(15)19(11)25/h1,3,5-7,9-10,17-18H,2,4,8H2,(H,24,26,27)/t17-,18+/m1/s1. The van der Waals surface area contributed by atoms with Crippen molar-refractivity contribution in [1.82, 2.24) is 9.88 Å². The van der Waals surface area contributed by atoms with Gasteiger partial charge in [-0.3, -0.25) is 14.9 Å². The zero-order valence-corrected chi connectivity index (χ0v) is 15.1. The molecule has 136 valence electrons. The van der Waals surface area contributed by atoms with Crippen LogP contribution in [0.5, 0.6) is 0 Å². The van der Waals surface area contributed by atoms with Crippen LogP contribution in [0.15, 0.2) is 42.6 Å². The van der Waals surface area contributed by atoms with Gasteiger partial charge in [0.1, 0.15) is 5.82 Å². The van der Waals surface area contributed by atoms with Crippen molar-refractivity contribution in [2.24, 2.45) is 0 Å². The summed E-state index contributed by atoms with van der Waals surface area (Å²) in [6.07, 6.45) is 4.04. The summed E-state index contributed by atoms with van der Waals surface area (Å²) in [7, 11) is 0. The van der Waals surface area contributed by atoms with E-state index < -0.39 is 23.6 Å². The number of aromatic nitrogens is 1.